The number of aldehydes is 1. The topological polar surface area (TPSA) is 43.1 Å². The minimum Gasteiger partial charge on any atom is -0.322 e. The van der Waals surface area contributed by atoms with Crippen LogP contribution >= 0.6 is 0 Å². The first-order valence-corrected chi connectivity index (χ1v) is 4.30. The molecule has 0 heterocycles. The number of nitrogens with two attached hydrogens (primary N) is 1. The molecule has 0 aliphatic carbocycles. The number of carbonyl (C=O) groups excluding carboxylic acids is 1. The zero-order valence-corrected chi connectivity index (χ0v) is 8.29. The van der Waals surface area contributed by atoms with Crippen molar-refractivity contribution in [1.29, 1.82) is 0 Å². The Kier molecular flexibility index (Phi) is 2.52. The van der Waals surface area contributed by atoms with Crippen LogP contribution < -0.4 is 5.73 Å². The maximum Gasteiger partial charge on any atom is 0.150 e. The van der Waals surface area contributed by atoms with Crippen molar-refractivity contribution in [3.8, 4) is 0 Å². The average Bonchev–Trinajstić information content (AvgIpc) is 2.01. The molecule has 0 bridgehead atoms. The van der Waals surface area contributed by atoms with E-state index < -0.39 is 0 Å². The first kappa shape index (κ1) is 9.93. The fraction of sp³-hybridized carbons (Fsp3) is 0.364. The van der Waals surface area contributed by atoms with E-state index in [2.05, 4.69) is 0 Å². The Morgan fingerprint density at radius 1 is 1.38 bits per heavy atom. The number of hydrogen-bond donors (Lipinski definition) is 1. The van der Waals surface area contributed by atoms with Crippen molar-refractivity contribution >= 4 is 6.29 Å². The standard InChI is InChI=1S/C11H15NO/c1-8-6-9(7-13)4-5-10(8)11(2,3)12/h4-7H,12H2,1-3H3. The number of carbonyl (C=O) groups is 1. The molecule has 1 aromatic rings. The molecule has 0 aliphatic heterocycles. The Hall–Kier alpha value is -1.15. The molecule has 2 heteroatoms. The van der Waals surface area contributed by atoms with E-state index in [1.54, 1.807) is 6.07 Å². The van der Waals surface area contributed by atoms with Gasteiger partial charge in [-0.2, -0.15) is 0 Å². The van der Waals surface area contributed by atoms with Crippen LogP contribution in [0.3, 0.4) is 0 Å². The normalized spacial score (nSPS) is 11.4. The molecule has 2 N–H and O–H groups in total. The molecular weight excluding hydrogens is 162 g/mol. The molecule has 0 saturated heterocycles. The van der Waals surface area contributed by atoms with Gasteiger partial charge in [0.2, 0.25) is 0 Å². The second-order valence-corrected chi connectivity index (χ2v) is 3.91. The quantitative estimate of drug-likeness (QED) is 0.702. The molecule has 0 atom stereocenters. The van der Waals surface area contributed by atoms with Gasteiger partial charge in [-0.05, 0) is 38.0 Å². The van der Waals surface area contributed by atoms with E-state index in [4.69, 9.17) is 5.73 Å². The lowest BCUT2D eigenvalue weighted by molar-refractivity contribution is 0.112. The molecule has 1 rings (SSSR count). The maximum absolute atomic E-state index is 10.5. The summed E-state index contributed by atoms with van der Waals surface area (Å²) >= 11 is 0. The van der Waals surface area contributed by atoms with Crippen molar-refractivity contribution in [2.45, 2.75) is 26.3 Å². The van der Waals surface area contributed by atoms with E-state index in [1.807, 2.05) is 32.9 Å². The largest absolute Gasteiger partial charge is 0.322 e. The molecule has 0 aromatic heterocycles. The summed E-state index contributed by atoms with van der Waals surface area (Å²) in [5, 5.41) is 0. The Morgan fingerprint density at radius 3 is 2.38 bits per heavy atom. The van der Waals surface area contributed by atoms with Crippen LogP contribution in [-0.2, 0) is 5.54 Å². The summed E-state index contributed by atoms with van der Waals surface area (Å²) in [5.74, 6) is 0. The number of benzene rings is 1. The monoisotopic (exact) mass is 177 g/mol. The van der Waals surface area contributed by atoms with Gasteiger partial charge < -0.3 is 5.73 Å². The van der Waals surface area contributed by atoms with Gasteiger partial charge in [-0.3, -0.25) is 4.79 Å². The molecule has 2 nitrogen and oxygen atoms in total. The third-order valence-corrected chi connectivity index (χ3v) is 2.08. The van der Waals surface area contributed by atoms with E-state index in [0.717, 1.165) is 17.4 Å². The maximum atomic E-state index is 10.5. The Bertz CT molecular complexity index is 323. The van der Waals surface area contributed by atoms with Gasteiger partial charge in [-0.25, -0.2) is 0 Å². The van der Waals surface area contributed by atoms with Crippen LogP contribution in [0.15, 0.2) is 18.2 Å². The SMILES string of the molecule is Cc1cc(C=O)ccc1C(C)(C)N. The molecular formula is C11H15NO. The van der Waals surface area contributed by atoms with Crippen LogP contribution in [0.2, 0.25) is 0 Å². The highest BCUT2D eigenvalue weighted by Gasteiger charge is 2.16. The third kappa shape index (κ3) is 2.16. The van der Waals surface area contributed by atoms with Gasteiger partial charge in [0.05, 0.1) is 0 Å². The molecule has 70 valence electrons. The van der Waals surface area contributed by atoms with Gasteiger partial charge in [-0.1, -0.05) is 12.1 Å². The summed E-state index contributed by atoms with van der Waals surface area (Å²) in [7, 11) is 0. The smallest absolute Gasteiger partial charge is 0.150 e. The first-order chi connectivity index (χ1) is 5.95. The minimum absolute atomic E-state index is 0.342. The lowest BCUT2D eigenvalue weighted by atomic mass is 9.90. The van der Waals surface area contributed by atoms with E-state index >= 15 is 0 Å². The van der Waals surface area contributed by atoms with Gasteiger partial charge in [0, 0.05) is 11.1 Å². The van der Waals surface area contributed by atoms with Crippen LogP contribution in [0.4, 0.5) is 0 Å². The summed E-state index contributed by atoms with van der Waals surface area (Å²) in [4.78, 5) is 10.5. The van der Waals surface area contributed by atoms with E-state index in [-0.39, 0.29) is 5.54 Å². The molecule has 0 radical (unpaired) electrons. The highest BCUT2D eigenvalue weighted by molar-refractivity contribution is 5.75. The van der Waals surface area contributed by atoms with Crippen LogP contribution in [0, 0.1) is 6.92 Å². The van der Waals surface area contributed by atoms with Crippen LogP contribution in [0.1, 0.15) is 35.3 Å². The highest BCUT2D eigenvalue weighted by atomic mass is 16.1. The molecule has 0 saturated carbocycles. The lowest BCUT2D eigenvalue weighted by Crippen LogP contribution is -2.29. The molecule has 1 aromatic carbocycles. The Morgan fingerprint density at radius 2 is 2.00 bits per heavy atom. The van der Waals surface area contributed by atoms with Gasteiger partial charge in [0.1, 0.15) is 6.29 Å². The molecule has 13 heavy (non-hydrogen) atoms. The van der Waals surface area contributed by atoms with Crippen molar-refractivity contribution in [2.75, 3.05) is 0 Å². The second kappa shape index (κ2) is 3.30. The number of aryl methyl sites for hydroxylation is 1. The summed E-state index contributed by atoms with van der Waals surface area (Å²) in [6, 6.07) is 5.57. The van der Waals surface area contributed by atoms with Crippen molar-refractivity contribution in [3.63, 3.8) is 0 Å². The number of rotatable bonds is 2. The molecule has 0 spiro atoms. The van der Waals surface area contributed by atoms with Crippen molar-refractivity contribution in [1.82, 2.24) is 0 Å². The van der Waals surface area contributed by atoms with Gasteiger partial charge in [0.25, 0.3) is 0 Å². The fourth-order valence-corrected chi connectivity index (χ4v) is 1.48. The first-order valence-electron chi connectivity index (χ1n) is 4.30. The van der Waals surface area contributed by atoms with Gasteiger partial charge in [0.15, 0.2) is 0 Å². The van der Waals surface area contributed by atoms with Gasteiger partial charge in [-0.15, -0.1) is 0 Å². The Balaban J connectivity index is 3.20. The highest BCUT2D eigenvalue weighted by Crippen LogP contribution is 2.21. The average molecular weight is 177 g/mol. The van der Waals surface area contributed by atoms with E-state index in [9.17, 15) is 4.79 Å². The van der Waals surface area contributed by atoms with Crippen LogP contribution in [-0.4, -0.2) is 6.29 Å². The van der Waals surface area contributed by atoms with Crippen molar-refractivity contribution in [2.24, 2.45) is 5.73 Å². The summed E-state index contributed by atoms with van der Waals surface area (Å²) in [6.45, 7) is 5.88. The van der Waals surface area contributed by atoms with Crippen molar-refractivity contribution in [3.05, 3.63) is 34.9 Å². The minimum atomic E-state index is -0.342. The molecule has 0 unspecified atom stereocenters. The van der Waals surface area contributed by atoms with Crippen molar-refractivity contribution < 1.29 is 4.79 Å². The third-order valence-electron chi connectivity index (χ3n) is 2.08. The molecule has 0 amide bonds. The second-order valence-electron chi connectivity index (χ2n) is 3.91. The van der Waals surface area contributed by atoms with Gasteiger partial charge >= 0.3 is 0 Å². The Labute approximate surface area is 78.8 Å². The van der Waals surface area contributed by atoms with E-state index in [1.165, 1.54) is 0 Å². The molecule has 0 aliphatic rings. The molecule has 0 fully saturated rings. The summed E-state index contributed by atoms with van der Waals surface area (Å²) in [6.07, 6.45) is 0.848. The fourth-order valence-electron chi connectivity index (χ4n) is 1.48. The summed E-state index contributed by atoms with van der Waals surface area (Å²) < 4.78 is 0. The summed E-state index contributed by atoms with van der Waals surface area (Å²) in [5.41, 5.74) is 8.47. The zero-order chi connectivity index (χ0) is 10.1. The van der Waals surface area contributed by atoms with E-state index in [0.29, 0.717) is 5.56 Å². The van der Waals surface area contributed by atoms with Crippen LogP contribution in [0.5, 0.6) is 0 Å². The predicted molar refractivity (Wildman–Crippen MR) is 53.8 cm³/mol. The predicted octanol–water partition coefficient (Wildman–Crippen LogP) is 2.00. The van der Waals surface area contributed by atoms with Crippen LogP contribution in [0.25, 0.3) is 0 Å². The number of hydrogen-bond acceptors (Lipinski definition) is 2. The zero-order valence-electron chi connectivity index (χ0n) is 8.29. The lowest BCUT2D eigenvalue weighted by Gasteiger charge is -2.21.